The maximum Gasteiger partial charge on any atom is 0.323 e. The van der Waals surface area contributed by atoms with Crippen molar-refractivity contribution in [1.82, 2.24) is 4.31 Å². The molecule has 1 aliphatic rings. The van der Waals surface area contributed by atoms with Crippen LogP contribution in [0.3, 0.4) is 0 Å². The smallest absolute Gasteiger partial charge is 0.323 e. The minimum absolute atomic E-state index is 0.0235. The Balaban J connectivity index is 1.76. The summed E-state index contributed by atoms with van der Waals surface area (Å²) in [6.45, 7) is 1.81. The average Bonchev–Trinajstić information content (AvgIpc) is 3.36. The second-order valence-electron chi connectivity index (χ2n) is 6.05. The number of nitrogens with one attached hydrogen (secondary N) is 2. The van der Waals surface area contributed by atoms with E-state index in [4.69, 9.17) is 11.6 Å². The molecule has 1 aromatic carbocycles. The van der Waals surface area contributed by atoms with Crippen LogP contribution < -0.4 is 10.6 Å². The minimum Gasteiger partial charge on any atom is -0.504 e. The van der Waals surface area contributed by atoms with Gasteiger partial charge in [-0.3, -0.25) is 0 Å². The summed E-state index contributed by atoms with van der Waals surface area (Å²) in [7, 11) is -2.29. The number of sulfonamides is 1. The first-order chi connectivity index (χ1) is 12.2. The Morgan fingerprint density at radius 3 is 2.62 bits per heavy atom. The third-order valence-electron chi connectivity index (χ3n) is 4.09. The molecule has 0 bridgehead atoms. The predicted octanol–water partition coefficient (Wildman–Crippen LogP) is 3.84. The standard InChI is InChI=1S/C16H18ClN3O4S2/c1-9-4-3-5-11(13(9)17)18-16(22)19-12-8-25-15(14(12)21)26(23,24)20(2)10-6-7-10/h3-5,8,10,21H,6-7H2,1-2H3,(H2,18,19,22). The fraction of sp³-hybridized carbons (Fsp3) is 0.312. The van der Waals surface area contributed by atoms with Crippen LogP contribution in [0.15, 0.2) is 27.8 Å². The SMILES string of the molecule is Cc1cccc(NC(=O)Nc2csc(S(=O)(=O)N(C)C3CC3)c2O)c1Cl. The molecule has 140 valence electrons. The van der Waals surface area contributed by atoms with Gasteiger partial charge in [0, 0.05) is 18.5 Å². The summed E-state index contributed by atoms with van der Waals surface area (Å²) in [5, 5.41) is 17.1. The third-order valence-corrected chi connectivity index (χ3v) is 8.00. The highest BCUT2D eigenvalue weighted by atomic mass is 35.5. The third kappa shape index (κ3) is 3.66. The van der Waals surface area contributed by atoms with E-state index in [1.807, 2.05) is 13.0 Å². The van der Waals surface area contributed by atoms with Gasteiger partial charge < -0.3 is 15.7 Å². The van der Waals surface area contributed by atoms with Gasteiger partial charge in [0.15, 0.2) is 9.96 Å². The number of hydrogen-bond donors (Lipinski definition) is 3. The van der Waals surface area contributed by atoms with Crippen molar-refractivity contribution in [2.45, 2.75) is 30.0 Å². The highest BCUT2D eigenvalue weighted by Gasteiger charge is 2.37. The first-order valence-electron chi connectivity index (χ1n) is 7.83. The average molecular weight is 416 g/mol. The molecule has 3 rings (SSSR count). The van der Waals surface area contributed by atoms with E-state index in [0.717, 1.165) is 29.7 Å². The van der Waals surface area contributed by atoms with Crippen LogP contribution in [0, 0.1) is 6.92 Å². The van der Waals surface area contributed by atoms with Crippen LogP contribution in [-0.2, 0) is 10.0 Å². The van der Waals surface area contributed by atoms with Crippen molar-refractivity contribution >= 4 is 50.4 Å². The van der Waals surface area contributed by atoms with Gasteiger partial charge in [-0.25, -0.2) is 13.2 Å². The topological polar surface area (TPSA) is 98.7 Å². The van der Waals surface area contributed by atoms with Crippen LogP contribution in [0.2, 0.25) is 5.02 Å². The Bertz CT molecular complexity index is 954. The van der Waals surface area contributed by atoms with Crippen molar-refractivity contribution in [3.63, 3.8) is 0 Å². The molecule has 1 aliphatic carbocycles. The lowest BCUT2D eigenvalue weighted by molar-refractivity contribution is 0.262. The second-order valence-corrected chi connectivity index (χ2v) is 9.50. The summed E-state index contributed by atoms with van der Waals surface area (Å²) in [6, 6.07) is 4.54. The molecule has 1 aromatic heterocycles. The number of carbonyl (C=O) groups excluding carboxylic acids is 1. The Labute approximate surface area is 160 Å². The largest absolute Gasteiger partial charge is 0.504 e. The zero-order valence-electron chi connectivity index (χ0n) is 14.1. The maximum atomic E-state index is 12.5. The lowest BCUT2D eigenvalue weighted by Crippen LogP contribution is -2.28. The number of aryl methyl sites for hydroxylation is 1. The number of rotatable bonds is 5. The molecule has 3 N–H and O–H groups in total. The molecule has 2 aromatic rings. The van der Waals surface area contributed by atoms with Crippen LogP contribution in [0.4, 0.5) is 16.2 Å². The molecule has 1 heterocycles. The summed E-state index contributed by atoms with van der Waals surface area (Å²) in [6.07, 6.45) is 1.62. The fourth-order valence-corrected chi connectivity index (χ4v) is 5.38. The number of hydrogen-bond acceptors (Lipinski definition) is 5. The fourth-order valence-electron chi connectivity index (χ4n) is 2.39. The van der Waals surface area contributed by atoms with Gasteiger partial charge >= 0.3 is 6.03 Å². The van der Waals surface area contributed by atoms with E-state index in [-0.39, 0.29) is 15.9 Å². The number of benzene rings is 1. The van der Waals surface area contributed by atoms with Gasteiger partial charge in [0.05, 0.1) is 16.4 Å². The summed E-state index contributed by atoms with van der Waals surface area (Å²) < 4.78 is 26.1. The van der Waals surface area contributed by atoms with E-state index in [0.29, 0.717) is 10.7 Å². The number of aromatic hydroxyl groups is 1. The van der Waals surface area contributed by atoms with Crippen molar-refractivity contribution in [3.05, 3.63) is 34.2 Å². The minimum atomic E-state index is -3.78. The number of thiophene rings is 1. The van der Waals surface area contributed by atoms with E-state index >= 15 is 0 Å². The highest BCUT2D eigenvalue weighted by Crippen LogP contribution is 2.41. The van der Waals surface area contributed by atoms with Gasteiger partial charge in [0.2, 0.25) is 0 Å². The Morgan fingerprint density at radius 2 is 1.96 bits per heavy atom. The predicted molar refractivity (Wildman–Crippen MR) is 103 cm³/mol. The number of carbonyl (C=O) groups is 1. The zero-order valence-corrected chi connectivity index (χ0v) is 16.5. The number of anilines is 2. The summed E-state index contributed by atoms with van der Waals surface area (Å²) >= 11 is 6.99. The molecule has 0 aliphatic heterocycles. The Kier molecular flexibility index (Phi) is 5.16. The molecule has 0 unspecified atom stereocenters. The molecule has 26 heavy (non-hydrogen) atoms. The van der Waals surface area contributed by atoms with Gasteiger partial charge in [0.25, 0.3) is 10.0 Å². The van der Waals surface area contributed by atoms with Gasteiger partial charge in [-0.2, -0.15) is 4.31 Å². The summed E-state index contributed by atoms with van der Waals surface area (Å²) in [4.78, 5) is 12.2. The highest BCUT2D eigenvalue weighted by molar-refractivity contribution is 7.91. The van der Waals surface area contributed by atoms with Crippen molar-refractivity contribution in [2.75, 3.05) is 17.7 Å². The quantitative estimate of drug-likeness (QED) is 0.690. The maximum absolute atomic E-state index is 12.5. The molecule has 1 fully saturated rings. The van der Waals surface area contributed by atoms with Crippen LogP contribution >= 0.6 is 22.9 Å². The van der Waals surface area contributed by atoms with Crippen molar-refractivity contribution < 1.29 is 18.3 Å². The van der Waals surface area contributed by atoms with Gasteiger partial charge in [0.1, 0.15) is 0 Å². The summed E-state index contributed by atoms with van der Waals surface area (Å²) in [5.74, 6) is -0.465. The molecule has 1 saturated carbocycles. The molecule has 0 radical (unpaired) electrons. The monoisotopic (exact) mass is 415 g/mol. The number of urea groups is 1. The molecular formula is C16H18ClN3O4S2. The van der Waals surface area contributed by atoms with E-state index in [1.54, 1.807) is 12.1 Å². The van der Waals surface area contributed by atoms with Crippen molar-refractivity contribution in [1.29, 1.82) is 0 Å². The van der Waals surface area contributed by atoms with E-state index in [2.05, 4.69) is 10.6 Å². The van der Waals surface area contributed by atoms with Crippen LogP contribution in [-0.4, -0.2) is 37.0 Å². The Hall–Kier alpha value is -1.81. The van der Waals surface area contributed by atoms with E-state index in [9.17, 15) is 18.3 Å². The van der Waals surface area contributed by atoms with Crippen LogP contribution in [0.5, 0.6) is 5.75 Å². The molecule has 10 heteroatoms. The zero-order chi connectivity index (χ0) is 19.1. The molecular weight excluding hydrogens is 398 g/mol. The molecule has 7 nitrogen and oxygen atoms in total. The summed E-state index contributed by atoms with van der Waals surface area (Å²) in [5.41, 5.74) is 1.25. The van der Waals surface area contributed by atoms with Gasteiger partial charge in [-0.1, -0.05) is 23.7 Å². The normalized spacial score (nSPS) is 14.5. The van der Waals surface area contributed by atoms with Crippen LogP contribution in [0.1, 0.15) is 18.4 Å². The lowest BCUT2D eigenvalue weighted by Gasteiger charge is -2.15. The van der Waals surface area contributed by atoms with E-state index in [1.165, 1.54) is 16.7 Å². The van der Waals surface area contributed by atoms with Crippen molar-refractivity contribution in [3.8, 4) is 5.75 Å². The first kappa shape index (κ1) is 19.0. The lowest BCUT2D eigenvalue weighted by atomic mass is 10.2. The van der Waals surface area contributed by atoms with Crippen LogP contribution in [0.25, 0.3) is 0 Å². The molecule has 0 saturated heterocycles. The first-order valence-corrected chi connectivity index (χ1v) is 10.5. The number of nitrogens with zero attached hydrogens (tertiary/aromatic N) is 1. The van der Waals surface area contributed by atoms with Crippen molar-refractivity contribution in [2.24, 2.45) is 0 Å². The molecule has 0 atom stereocenters. The van der Waals surface area contributed by atoms with Gasteiger partial charge in [-0.15, -0.1) is 11.3 Å². The molecule has 2 amide bonds. The Morgan fingerprint density at radius 1 is 1.31 bits per heavy atom. The second kappa shape index (κ2) is 7.07. The number of amides is 2. The number of halogens is 1. The van der Waals surface area contributed by atoms with Gasteiger partial charge in [-0.05, 0) is 31.4 Å². The molecule has 0 spiro atoms. The van der Waals surface area contributed by atoms with E-state index < -0.39 is 21.8 Å².